The van der Waals surface area contributed by atoms with Crippen molar-refractivity contribution in [2.45, 2.75) is 37.6 Å². The van der Waals surface area contributed by atoms with Gasteiger partial charge in [-0.1, -0.05) is 24.3 Å². The minimum atomic E-state index is -1.02. The molecule has 1 saturated carbocycles. The number of hydrogen-bond donors (Lipinski definition) is 0. The molecule has 4 heterocycles. The second-order valence-corrected chi connectivity index (χ2v) is 10.7. The first-order valence-corrected chi connectivity index (χ1v) is 14.0. The van der Waals surface area contributed by atoms with Crippen molar-refractivity contribution in [2.24, 2.45) is 0 Å². The molecule has 13 heteroatoms. The number of anilines is 1. The smallest absolute Gasteiger partial charge is 0.451 e. The second kappa shape index (κ2) is 10.6. The molecule has 11 nitrogen and oxygen atoms in total. The molecule has 7 rings (SSSR count). The molecule has 1 amide bonds. The highest BCUT2D eigenvalue weighted by Gasteiger charge is 2.47. The average molecular weight is 595 g/mol. The van der Waals surface area contributed by atoms with Crippen LogP contribution in [0.15, 0.2) is 53.5 Å². The predicted octanol–water partition coefficient (Wildman–Crippen LogP) is 3.27. The highest BCUT2D eigenvalue weighted by molar-refractivity contribution is 5.96. The number of fused-ring (bicyclic) bond motifs is 4. The zero-order chi connectivity index (χ0) is 29.8. The molecule has 4 aliphatic rings. The summed E-state index contributed by atoms with van der Waals surface area (Å²) in [5, 5.41) is 1.86. The normalized spacial score (nSPS) is 20.8. The Morgan fingerprint density at radius 1 is 1.05 bits per heavy atom. The molecule has 0 radical (unpaired) electrons. The third-order valence-electron chi connectivity index (χ3n) is 8.35. The van der Waals surface area contributed by atoms with Crippen LogP contribution in [0.2, 0.25) is 0 Å². The van der Waals surface area contributed by atoms with Crippen molar-refractivity contribution >= 4 is 17.7 Å². The summed E-state index contributed by atoms with van der Waals surface area (Å²) in [6.07, 6.45) is 1.65. The zero-order valence-corrected chi connectivity index (χ0v) is 23.2. The molecule has 2 atom stereocenters. The quantitative estimate of drug-likeness (QED) is 0.325. The molecule has 2 aromatic carbocycles. The van der Waals surface area contributed by atoms with E-state index < -0.39 is 48.1 Å². The Morgan fingerprint density at radius 3 is 2.65 bits per heavy atom. The van der Waals surface area contributed by atoms with Crippen LogP contribution in [0, 0.1) is 11.6 Å². The maximum absolute atomic E-state index is 15.7. The van der Waals surface area contributed by atoms with Gasteiger partial charge < -0.3 is 28.7 Å². The summed E-state index contributed by atoms with van der Waals surface area (Å²) in [6.45, 7) is 0.110. The number of ether oxygens (including phenoxy) is 4. The molecule has 0 bridgehead atoms. The van der Waals surface area contributed by atoms with E-state index in [0.717, 1.165) is 37.3 Å². The van der Waals surface area contributed by atoms with Gasteiger partial charge in [0.1, 0.15) is 12.2 Å². The molecule has 1 aliphatic carbocycles. The van der Waals surface area contributed by atoms with E-state index in [1.165, 1.54) is 16.9 Å². The van der Waals surface area contributed by atoms with Crippen LogP contribution in [0.25, 0.3) is 0 Å². The first-order valence-electron chi connectivity index (χ1n) is 14.0. The molecule has 1 saturated heterocycles. The minimum absolute atomic E-state index is 0.0935. The van der Waals surface area contributed by atoms with Crippen molar-refractivity contribution in [3.63, 3.8) is 0 Å². The summed E-state index contributed by atoms with van der Waals surface area (Å²) in [5.74, 6) is -2.67. The maximum Gasteiger partial charge on any atom is 0.510 e. The van der Waals surface area contributed by atoms with Crippen LogP contribution < -0.4 is 20.1 Å². The zero-order valence-electron chi connectivity index (χ0n) is 23.2. The van der Waals surface area contributed by atoms with E-state index in [2.05, 4.69) is 9.64 Å². The highest BCUT2D eigenvalue weighted by Crippen LogP contribution is 2.46. The third kappa shape index (κ3) is 4.46. The standard InChI is InChI=1S/C30H28F2N4O7/c1-40-30(39)43-16-42-28-23(37)10-11-35-27(28)29(38)33-12-13-41-15-24(33)36(35)26-18-8-9-21(31)25(32)20(18)14-34(17-6-7-17)22-5-3-2-4-19(22)26/h2-5,8-11,17,24,26H,6-7,12-16H2,1H3/t24-,26?/m1/s1. The van der Waals surface area contributed by atoms with Gasteiger partial charge in [-0.25, -0.2) is 13.6 Å². The van der Waals surface area contributed by atoms with Crippen LogP contribution in [0.3, 0.4) is 0 Å². The fourth-order valence-electron chi connectivity index (χ4n) is 6.28. The Balaban J connectivity index is 1.46. The number of benzene rings is 2. The van der Waals surface area contributed by atoms with E-state index in [9.17, 15) is 18.8 Å². The molecule has 2 fully saturated rings. The number of halogens is 2. The monoisotopic (exact) mass is 594 g/mol. The number of rotatable bonds is 5. The first kappa shape index (κ1) is 27.2. The van der Waals surface area contributed by atoms with Crippen molar-refractivity contribution < 1.29 is 37.3 Å². The SMILES string of the molecule is COC(=O)OCOc1c2n(ccc1=O)N(C1c3ccccc3N(C3CC3)Cc3c1ccc(F)c3F)[C@@H]1COCCN1C2=O. The number of para-hydroxylation sites is 1. The van der Waals surface area contributed by atoms with Crippen LogP contribution >= 0.6 is 0 Å². The number of hydrogen-bond acceptors (Lipinski definition) is 9. The average Bonchev–Trinajstić information content (AvgIpc) is 3.87. The summed E-state index contributed by atoms with van der Waals surface area (Å²) >= 11 is 0. The van der Waals surface area contributed by atoms with Gasteiger partial charge >= 0.3 is 6.16 Å². The van der Waals surface area contributed by atoms with E-state index in [1.807, 2.05) is 29.3 Å². The van der Waals surface area contributed by atoms with Crippen molar-refractivity contribution in [3.8, 4) is 5.75 Å². The minimum Gasteiger partial charge on any atom is -0.451 e. The number of carbonyl (C=O) groups excluding carboxylic acids is 2. The number of pyridine rings is 1. The van der Waals surface area contributed by atoms with Gasteiger partial charge in [-0.05, 0) is 30.5 Å². The summed E-state index contributed by atoms with van der Waals surface area (Å²) < 4.78 is 52.7. The largest absolute Gasteiger partial charge is 0.510 e. The molecule has 224 valence electrons. The second-order valence-electron chi connectivity index (χ2n) is 10.7. The van der Waals surface area contributed by atoms with Gasteiger partial charge in [0.15, 0.2) is 17.3 Å². The van der Waals surface area contributed by atoms with Gasteiger partial charge in [0, 0.05) is 48.2 Å². The summed E-state index contributed by atoms with van der Waals surface area (Å²) in [5.41, 5.74) is 1.74. The summed E-state index contributed by atoms with van der Waals surface area (Å²) in [6, 6.07) is 11.1. The molecule has 0 N–H and O–H groups in total. The number of carbonyl (C=O) groups is 2. The molecular formula is C30H28F2N4O7. The van der Waals surface area contributed by atoms with Crippen molar-refractivity contribution in [1.82, 2.24) is 9.58 Å². The highest BCUT2D eigenvalue weighted by atomic mass is 19.2. The van der Waals surface area contributed by atoms with E-state index in [-0.39, 0.29) is 49.4 Å². The fourth-order valence-corrected chi connectivity index (χ4v) is 6.28. The Bertz CT molecular complexity index is 1680. The van der Waals surface area contributed by atoms with E-state index >= 15 is 4.39 Å². The van der Waals surface area contributed by atoms with Crippen LogP contribution in [-0.4, -0.2) is 67.5 Å². The predicted molar refractivity (Wildman–Crippen MR) is 147 cm³/mol. The van der Waals surface area contributed by atoms with Gasteiger partial charge in [-0.15, -0.1) is 0 Å². The lowest BCUT2D eigenvalue weighted by molar-refractivity contribution is -0.0208. The molecule has 0 spiro atoms. The molecule has 3 aromatic rings. The van der Waals surface area contributed by atoms with Crippen molar-refractivity contribution in [2.75, 3.05) is 43.6 Å². The lowest BCUT2D eigenvalue weighted by atomic mass is 9.93. The number of morpholine rings is 1. The Morgan fingerprint density at radius 2 is 1.86 bits per heavy atom. The van der Waals surface area contributed by atoms with Crippen molar-refractivity contribution in [3.05, 3.63) is 92.9 Å². The molecule has 3 aliphatic heterocycles. The lowest BCUT2D eigenvalue weighted by Crippen LogP contribution is -2.66. The number of methoxy groups -OCH3 is 1. The van der Waals surface area contributed by atoms with Crippen molar-refractivity contribution in [1.29, 1.82) is 0 Å². The van der Waals surface area contributed by atoms with Crippen LogP contribution in [-0.2, 0) is 20.8 Å². The first-order chi connectivity index (χ1) is 20.9. The summed E-state index contributed by atoms with van der Waals surface area (Å²) in [4.78, 5) is 42.2. The molecule has 1 unspecified atom stereocenters. The van der Waals surface area contributed by atoms with Crippen LogP contribution in [0.1, 0.15) is 46.1 Å². The number of amides is 1. The number of aromatic nitrogens is 1. The van der Waals surface area contributed by atoms with Gasteiger partial charge in [0.05, 0.1) is 20.3 Å². The van der Waals surface area contributed by atoms with E-state index in [4.69, 9.17) is 14.2 Å². The van der Waals surface area contributed by atoms with Gasteiger partial charge in [0.25, 0.3) is 5.91 Å². The molecule has 1 aromatic heterocycles. The topological polar surface area (TPSA) is 103 Å². The van der Waals surface area contributed by atoms with Crippen LogP contribution in [0.5, 0.6) is 5.75 Å². The molecule has 43 heavy (non-hydrogen) atoms. The van der Waals surface area contributed by atoms with E-state index in [0.29, 0.717) is 5.56 Å². The van der Waals surface area contributed by atoms with Gasteiger partial charge in [-0.2, -0.15) is 0 Å². The van der Waals surface area contributed by atoms with Crippen LogP contribution in [0.4, 0.5) is 19.3 Å². The van der Waals surface area contributed by atoms with E-state index in [1.54, 1.807) is 11.0 Å². The summed E-state index contributed by atoms with van der Waals surface area (Å²) in [7, 11) is 1.13. The number of nitrogens with zero attached hydrogens (tertiary/aromatic N) is 4. The maximum atomic E-state index is 15.7. The van der Waals surface area contributed by atoms with Gasteiger partial charge in [-0.3, -0.25) is 19.3 Å². The molecular weight excluding hydrogens is 566 g/mol. The Hall–Kier alpha value is -4.65. The Labute approximate surface area is 244 Å². The lowest BCUT2D eigenvalue weighted by Gasteiger charge is -2.51. The Kier molecular flexibility index (Phi) is 6.68. The third-order valence-corrected chi connectivity index (χ3v) is 8.35. The fraction of sp³-hybridized carbons (Fsp3) is 0.367. The van der Waals surface area contributed by atoms with Gasteiger partial charge in [0.2, 0.25) is 18.0 Å².